The molecule has 1 saturated heterocycles. The monoisotopic (exact) mass is 661 g/mol. The van der Waals surface area contributed by atoms with Crippen molar-refractivity contribution in [1.82, 2.24) is 24.3 Å². The van der Waals surface area contributed by atoms with E-state index in [1.165, 1.54) is 24.4 Å². The van der Waals surface area contributed by atoms with Crippen LogP contribution < -0.4 is 15.8 Å². The number of aromatic nitrogens is 4. The number of nitrogens with one attached hydrogen (secondary N) is 1. The first-order valence-electron chi connectivity index (χ1n) is 14.9. The molecule has 6 rings (SSSR count). The van der Waals surface area contributed by atoms with Gasteiger partial charge in [0.15, 0.2) is 0 Å². The second kappa shape index (κ2) is 12.0. The highest BCUT2D eigenvalue weighted by Gasteiger charge is 2.51. The lowest BCUT2D eigenvalue weighted by Gasteiger charge is -2.40. The number of nitrogens with two attached hydrogens (primary N) is 1. The van der Waals surface area contributed by atoms with E-state index in [0.717, 1.165) is 17.2 Å². The number of pyridine rings is 1. The smallest absolute Gasteiger partial charge is 0.416 e. The number of likely N-dealkylation sites (tertiary alicyclic amines) is 1. The number of rotatable bonds is 7. The summed E-state index contributed by atoms with van der Waals surface area (Å²) in [5.74, 6) is -1.85. The lowest BCUT2D eigenvalue weighted by Crippen LogP contribution is -2.53. The van der Waals surface area contributed by atoms with Crippen LogP contribution in [0.2, 0.25) is 0 Å². The van der Waals surface area contributed by atoms with Gasteiger partial charge in [-0.3, -0.25) is 14.0 Å². The Bertz CT molecular complexity index is 1840. The molecule has 1 aromatic carbocycles. The van der Waals surface area contributed by atoms with E-state index in [1.807, 2.05) is 0 Å². The summed E-state index contributed by atoms with van der Waals surface area (Å²) in [4.78, 5) is 39.8. The number of imidazole rings is 1. The van der Waals surface area contributed by atoms with Gasteiger partial charge >= 0.3 is 12.4 Å². The number of halogens is 6. The van der Waals surface area contributed by atoms with Gasteiger partial charge in [-0.15, -0.1) is 0 Å². The first-order valence-corrected chi connectivity index (χ1v) is 14.9. The molecule has 2 fully saturated rings. The Hall–Kier alpha value is -4.89. The van der Waals surface area contributed by atoms with E-state index in [0.29, 0.717) is 41.5 Å². The first-order chi connectivity index (χ1) is 22.3. The summed E-state index contributed by atoms with van der Waals surface area (Å²) in [5, 5.41) is 2.36. The Morgan fingerprint density at radius 2 is 1.79 bits per heavy atom. The fourth-order valence-corrected chi connectivity index (χ4v) is 5.89. The summed E-state index contributed by atoms with van der Waals surface area (Å²) in [6, 6.07) is 3.96. The molecular formula is C31H29F6N7O3. The third kappa shape index (κ3) is 6.40. The number of anilines is 2. The minimum atomic E-state index is -4.63. The Morgan fingerprint density at radius 1 is 1.02 bits per heavy atom. The van der Waals surface area contributed by atoms with Gasteiger partial charge in [-0.25, -0.2) is 15.0 Å². The van der Waals surface area contributed by atoms with Crippen LogP contribution in [0.3, 0.4) is 0 Å². The maximum absolute atomic E-state index is 14.0. The highest BCUT2D eigenvalue weighted by molar-refractivity contribution is 6.04. The van der Waals surface area contributed by atoms with Crippen molar-refractivity contribution in [2.45, 2.75) is 56.9 Å². The normalized spacial score (nSPS) is 18.7. The van der Waals surface area contributed by atoms with Gasteiger partial charge in [-0.1, -0.05) is 0 Å². The van der Waals surface area contributed by atoms with E-state index in [4.69, 9.17) is 15.5 Å². The maximum atomic E-state index is 14.0. The van der Waals surface area contributed by atoms with Crippen LogP contribution in [0.4, 0.5) is 38.0 Å². The van der Waals surface area contributed by atoms with Crippen LogP contribution in [0.5, 0.6) is 5.75 Å². The Morgan fingerprint density at radius 3 is 2.47 bits per heavy atom. The second-order valence-corrected chi connectivity index (χ2v) is 11.5. The van der Waals surface area contributed by atoms with Crippen molar-refractivity contribution in [2.24, 2.45) is 5.92 Å². The lowest BCUT2D eigenvalue weighted by atomic mass is 9.91. The Labute approximate surface area is 263 Å². The van der Waals surface area contributed by atoms with Crippen molar-refractivity contribution in [3.05, 3.63) is 65.9 Å². The number of alkyl halides is 6. The molecule has 3 N–H and O–H groups in total. The summed E-state index contributed by atoms with van der Waals surface area (Å²) in [5.41, 5.74) is 6.39. The number of ether oxygens (including phenoxy) is 1. The largest absolute Gasteiger partial charge is 0.493 e. The van der Waals surface area contributed by atoms with Gasteiger partial charge in [0.2, 0.25) is 5.91 Å². The van der Waals surface area contributed by atoms with Crippen molar-refractivity contribution in [3.8, 4) is 17.0 Å². The first kappa shape index (κ1) is 32.1. The third-order valence-electron chi connectivity index (χ3n) is 8.27. The zero-order valence-electron chi connectivity index (χ0n) is 24.9. The molecule has 0 bridgehead atoms. The van der Waals surface area contributed by atoms with E-state index < -0.39 is 47.6 Å². The van der Waals surface area contributed by atoms with Gasteiger partial charge in [0.25, 0.3) is 5.91 Å². The van der Waals surface area contributed by atoms with Crippen molar-refractivity contribution >= 4 is 29.0 Å². The highest BCUT2D eigenvalue weighted by Crippen LogP contribution is 2.43. The lowest BCUT2D eigenvalue weighted by molar-refractivity contribution is -0.197. The summed E-state index contributed by atoms with van der Waals surface area (Å²) in [6.07, 6.45) is -4.29. The predicted molar refractivity (Wildman–Crippen MR) is 157 cm³/mol. The minimum Gasteiger partial charge on any atom is -0.493 e. The number of carbonyl (C=O) groups is 2. The molecular weight excluding hydrogens is 632 g/mol. The topological polar surface area (TPSA) is 128 Å². The summed E-state index contributed by atoms with van der Waals surface area (Å²) >= 11 is 0. The molecule has 0 radical (unpaired) electrons. The molecule has 3 aromatic heterocycles. The quantitative estimate of drug-likeness (QED) is 0.230. The molecule has 1 aliphatic carbocycles. The molecule has 2 aliphatic rings. The van der Waals surface area contributed by atoms with E-state index in [9.17, 15) is 35.9 Å². The molecule has 1 saturated carbocycles. The number of nitrogen functional groups attached to an aromatic ring is 1. The zero-order valence-corrected chi connectivity index (χ0v) is 24.9. The molecule has 1 aliphatic heterocycles. The summed E-state index contributed by atoms with van der Waals surface area (Å²) < 4.78 is 88.8. The van der Waals surface area contributed by atoms with Crippen LogP contribution in [0.15, 0.2) is 48.9 Å². The van der Waals surface area contributed by atoms with E-state index in [2.05, 4.69) is 15.3 Å². The number of benzene rings is 1. The van der Waals surface area contributed by atoms with E-state index in [1.54, 1.807) is 17.5 Å². The van der Waals surface area contributed by atoms with Gasteiger partial charge in [0.1, 0.15) is 40.5 Å². The highest BCUT2D eigenvalue weighted by atomic mass is 19.4. The van der Waals surface area contributed by atoms with Crippen molar-refractivity contribution in [3.63, 3.8) is 0 Å². The molecule has 4 aromatic rings. The van der Waals surface area contributed by atoms with Crippen molar-refractivity contribution < 1.29 is 40.7 Å². The fraction of sp³-hybridized carbons (Fsp3) is 0.387. The number of hydrogen-bond acceptors (Lipinski definition) is 7. The fourth-order valence-electron chi connectivity index (χ4n) is 5.89. The number of nitrogens with zero attached hydrogens (tertiary/aromatic N) is 5. The predicted octanol–water partition coefficient (Wildman–Crippen LogP) is 6.09. The van der Waals surface area contributed by atoms with Crippen LogP contribution in [0.1, 0.15) is 60.3 Å². The average molecular weight is 662 g/mol. The van der Waals surface area contributed by atoms with Crippen LogP contribution in [0, 0.1) is 5.92 Å². The minimum absolute atomic E-state index is 0.0472. The summed E-state index contributed by atoms with van der Waals surface area (Å²) in [7, 11) is 0. The molecule has 16 heteroatoms. The molecule has 4 heterocycles. The SMILES string of the molecule is CCOc1cc(C(=O)Nc2cc(C(F)(F)F)ccn2)ccc1-c1nc([C@H]2CC[C@@H](C(F)(F)F)N(C(=O)C3CC3)C2)n2ccnc(N)c12. The van der Waals surface area contributed by atoms with Gasteiger partial charge in [0.05, 0.1) is 12.2 Å². The Balaban J connectivity index is 1.36. The van der Waals surface area contributed by atoms with Crippen LogP contribution in [-0.4, -0.2) is 61.4 Å². The number of fused-ring (bicyclic) bond motifs is 1. The standard InChI is InChI=1S/C31H29F6N7O3/c1-2-47-21-13-17(28(45)41-23-14-19(9-10-39-23)30(32,33)34)5-7-20(21)24-25-26(38)40-11-12-43(25)27(42-24)18-6-8-22(31(35,36)37)44(15-18)29(46)16-3-4-16/h5,7,9-14,16,18,22H,2-4,6,8,15H2,1H3,(H2,38,40)(H,39,41,45)/t18-,22-/m0/s1. The third-order valence-corrected chi connectivity index (χ3v) is 8.27. The van der Waals surface area contributed by atoms with Crippen molar-refractivity contribution in [1.29, 1.82) is 0 Å². The molecule has 0 spiro atoms. The molecule has 2 atom stereocenters. The van der Waals surface area contributed by atoms with Crippen molar-refractivity contribution in [2.75, 3.05) is 24.2 Å². The molecule has 0 unspecified atom stereocenters. The van der Waals surface area contributed by atoms with Crippen LogP contribution >= 0.6 is 0 Å². The summed E-state index contributed by atoms with van der Waals surface area (Å²) in [6.45, 7) is 1.70. The molecule has 47 heavy (non-hydrogen) atoms. The second-order valence-electron chi connectivity index (χ2n) is 11.5. The molecule has 10 nitrogen and oxygen atoms in total. The van der Waals surface area contributed by atoms with E-state index >= 15 is 0 Å². The molecule has 248 valence electrons. The van der Waals surface area contributed by atoms with Crippen LogP contribution in [0.25, 0.3) is 16.8 Å². The van der Waals surface area contributed by atoms with Gasteiger partial charge < -0.3 is 20.7 Å². The number of piperidine rings is 1. The number of hydrogen-bond donors (Lipinski definition) is 2. The van der Waals surface area contributed by atoms with Gasteiger partial charge in [0, 0.05) is 48.1 Å². The zero-order chi connectivity index (χ0) is 33.7. The van der Waals surface area contributed by atoms with Crippen LogP contribution in [-0.2, 0) is 11.0 Å². The maximum Gasteiger partial charge on any atom is 0.416 e. The van der Waals surface area contributed by atoms with E-state index in [-0.39, 0.29) is 48.9 Å². The Kier molecular flexibility index (Phi) is 8.22. The number of carbonyl (C=O) groups excluding carboxylic acids is 2. The number of amides is 2. The van der Waals surface area contributed by atoms with Gasteiger partial charge in [-0.2, -0.15) is 26.3 Å². The molecule has 2 amide bonds. The van der Waals surface area contributed by atoms with Gasteiger partial charge in [-0.05, 0) is 62.9 Å². The average Bonchev–Trinajstić information content (AvgIpc) is 3.80.